The Morgan fingerprint density at radius 2 is 1.80 bits per heavy atom. The quantitative estimate of drug-likeness (QED) is 0.150. The zero-order chi connectivity index (χ0) is 44.4. The van der Waals surface area contributed by atoms with E-state index in [2.05, 4.69) is 45.4 Å². The van der Waals surface area contributed by atoms with E-state index in [9.17, 15) is 19.2 Å². The van der Waals surface area contributed by atoms with E-state index < -0.39 is 23.8 Å². The van der Waals surface area contributed by atoms with Crippen LogP contribution in [-0.2, 0) is 32.1 Å². The summed E-state index contributed by atoms with van der Waals surface area (Å²) in [5.41, 5.74) is 4.15. The van der Waals surface area contributed by atoms with E-state index in [0.29, 0.717) is 77.9 Å². The second-order valence-corrected chi connectivity index (χ2v) is 18.9. The molecule has 16 nitrogen and oxygen atoms in total. The van der Waals surface area contributed by atoms with Crippen molar-refractivity contribution in [1.82, 2.24) is 44.4 Å². The van der Waals surface area contributed by atoms with Crippen LogP contribution in [0.1, 0.15) is 61.0 Å². The van der Waals surface area contributed by atoms with Crippen LogP contribution in [0.2, 0.25) is 0 Å². The molecule has 4 amide bonds. The molecule has 2 aromatic carbocycles. The van der Waals surface area contributed by atoms with Gasteiger partial charge in [-0.2, -0.15) is 5.10 Å². The van der Waals surface area contributed by atoms with Crippen LogP contribution < -0.4 is 20.9 Å². The van der Waals surface area contributed by atoms with E-state index in [1.807, 2.05) is 17.0 Å². The van der Waals surface area contributed by atoms with Crippen LogP contribution in [0.5, 0.6) is 0 Å². The number of nitrogens with zero attached hydrogens (tertiary/aromatic N) is 9. The van der Waals surface area contributed by atoms with Crippen LogP contribution in [0.15, 0.2) is 72.8 Å². The molecule has 9 heterocycles. The maximum Gasteiger partial charge on any atom is 0.257 e. The number of aromatic nitrogens is 6. The molecule has 1 unspecified atom stereocenters. The number of likely N-dealkylation sites (tertiary alicyclic amines) is 2. The summed E-state index contributed by atoms with van der Waals surface area (Å²) in [6, 6.07) is 10.7. The predicted molar refractivity (Wildman–Crippen MR) is 238 cm³/mol. The van der Waals surface area contributed by atoms with Crippen molar-refractivity contribution in [3.63, 3.8) is 0 Å². The highest BCUT2D eigenvalue weighted by molar-refractivity contribution is 7.13. The highest BCUT2D eigenvalue weighted by atomic mass is 32.1. The summed E-state index contributed by atoms with van der Waals surface area (Å²) in [5, 5.41) is 15.4. The van der Waals surface area contributed by atoms with E-state index in [-0.39, 0.29) is 46.7 Å². The van der Waals surface area contributed by atoms with Gasteiger partial charge in [-0.1, -0.05) is 6.07 Å². The molecule has 4 saturated heterocycles. The molecule has 0 aliphatic carbocycles. The van der Waals surface area contributed by atoms with Crippen molar-refractivity contribution in [3.8, 4) is 11.1 Å². The lowest BCUT2D eigenvalue weighted by molar-refractivity contribution is -0.146. The molecule has 3 N–H and O–H groups in total. The van der Waals surface area contributed by atoms with Gasteiger partial charge in [-0.3, -0.25) is 39.4 Å². The summed E-state index contributed by atoms with van der Waals surface area (Å²) in [4.78, 5) is 70.4. The smallest absolute Gasteiger partial charge is 0.257 e. The first-order valence-electron chi connectivity index (χ1n) is 22.1. The summed E-state index contributed by atoms with van der Waals surface area (Å²) in [6.07, 6.45) is 10.5. The van der Waals surface area contributed by atoms with Gasteiger partial charge in [-0.15, -0.1) is 11.3 Å². The number of nitrogens with one attached hydrogen (secondary N) is 3. The molecule has 1 spiro atoms. The molecule has 334 valence electrons. The molecule has 5 aliphatic rings. The first-order chi connectivity index (χ1) is 31.6. The molecule has 11 rings (SSSR count). The third-order valence-electron chi connectivity index (χ3n) is 13.7. The summed E-state index contributed by atoms with van der Waals surface area (Å²) in [7, 11) is 0. The van der Waals surface area contributed by atoms with Gasteiger partial charge in [0, 0.05) is 91.0 Å². The number of anilines is 3. The molecular formula is C46H46F2N12O4S. The number of aryl methyl sites for hydroxylation is 1. The molecule has 4 aromatic heterocycles. The van der Waals surface area contributed by atoms with Gasteiger partial charge in [0.2, 0.25) is 17.7 Å². The predicted octanol–water partition coefficient (Wildman–Crippen LogP) is 4.95. The number of carbonyl (C=O) groups is 4. The van der Waals surface area contributed by atoms with Gasteiger partial charge in [-0.05, 0) is 93.1 Å². The monoisotopic (exact) mass is 900 g/mol. The fourth-order valence-electron chi connectivity index (χ4n) is 10.3. The van der Waals surface area contributed by atoms with Crippen LogP contribution in [-0.4, -0.2) is 115 Å². The Hall–Kier alpha value is -6.60. The van der Waals surface area contributed by atoms with Crippen molar-refractivity contribution in [2.24, 2.45) is 5.41 Å². The molecule has 4 fully saturated rings. The lowest BCUT2D eigenvalue weighted by Gasteiger charge is -2.60. The topological polar surface area (TPSA) is 176 Å². The minimum Gasteiger partial charge on any atom is -0.374 e. The van der Waals surface area contributed by atoms with Crippen molar-refractivity contribution in [2.45, 2.75) is 63.1 Å². The standard InChI is InChI=1S/C46H46F2N12O4S/c47-33-18-29(52-35-8-10-38(61)53-43(35)63)4-5-30(33)27-11-15-56(16-12-27)21-39(62)59-24-46(25-59)22-58(23-46)37-9-3-28(19-50-37)31-6-7-34-32(40(31)48)20-60(55-34)42(44(64)54-45-49-13-17-65-45)41-36-2-1-14-57(36)26-51-41/h3-7,9,13,17-20,26-27,35,42,52H,1-2,8,10-12,14-16,21-25H2,(H,49,54,64)(H,53,61,63)/t35-,42?/m0/s1. The minimum absolute atomic E-state index is 0.0305. The number of piperidine rings is 2. The average molecular weight is 901 g/mol. The Balaban J connectivity index is 0.674. The van der Waals surface area contributed by atoms with Gasteiger partial charge < -0.3 is 19.7 Å². The molecule has 0 bridgehead atoms. The van der Waals surface area contributed by atoms with E-state index in [0.717, 1.165) is 56.8 Å². The lowest BCUT2D eigenvalue weighted by atomic mass is 9.72. The fraction of sp³-hybridized carbons (Fsp3) is 0.391. The van der Waals surface area contributed by atoms with E-state index in [1.165, 1.54) is 22.1 Å². The van der Waals surface area contributed by atoms with Crippen LogP contribution in [0.25, 0.3) is 22.0 Å². The zero-order valence-electron chi connectivity index (χ0n) is 35.4. The van der Waals surface area contributed by atoms with E-state index >= 15 is 8.78 Å². The largest absolute Gasteiger partial charge is 0.374 e. The van der Waals surface area contributed by atoms with Gasteiger partial charge in [0.1, 0.15) is 23.5 Å². The number of imidazole rings is 1. The SMILES string of the molecule is O=C1CC[C@H](Nc2ccc(C3CCN(CC(=O)N4CC5(C4)CN(c4ccc(-c6ccc7nn(C(C(=O)Nc8nccs8)c8ncn9c8CCC9)cc7c6F)cn4)C5)CC3)c(F)c2)C(=O)N1. The molecule has 6 aromatic rings. The number of imide groups is 1. The number of hydrogen-bond donors (Lipinski definition) is 3. The van der Waals surface area contributed by atoms with Crippen molar-refractivity contribution in [1.29, 1.82) is 0 Å². The molecule has 0 saturated carbocycles. The van der Waals surface area contributed by atoms with Gasteiger partial charge in [0.15, 0.2) is 11.2 Å². The van der Waals surface area contributed by atoms with Crippen LogP contribution in [0, 0.1) is 17.0 Å². The third-order valence-corrected chi connectivity index (χ3v) is 14.4. The average Bonchev–Trinajstić information content (AvgIpc) is 4.10. The lowest BCUT2D eigenvalue weighted by Crippen LogP contribution is -2.73. The number of fused-ring (bicyclic) bond motifs is 2. The van der Waals surface area contributed by atoms with E-state index in [1.54, 1.807) is 54.6 Å². The highest BCUT2D eigenvalue weighted by Gasteiger charge is 2.53. The van der Waals surface area contributed by atoms with E-state index in [4.69, 9.17) is 4.98 Å². The summed E-state index contributed by atoms with van der Waals surface area (Å²) >= 11 is 1.31. The van der Waals surface area contributed by atoms with Crippen LogP contribution in [0.4, 0.5) is 25.4 Å². The number of pyridine rings is 1. The van der Waals surface area contributed by atoms with Crippen molar-refractivity contribution < 1.29 is 28.0 Å². The Morgan fingerprint density at radius 3 is 2.55 bits per heavy atom. The zero-order valence-corrected chi connectivity index (χ0v) is 36.2. The second-order valence-electron chi connectivity index (χ2n) is 18.0. The summed E-state index contributed by atoms with van der Waals surface area (Å²) < 4.78 is 35.1. The van der Waals surface area contributed by atoms with Crippen molar-refractivity contribution in [3.05, 3.63) is 101 Å². The fourth-order valence-corrected chi connectivity index (χ4v) is 10.8. The number of hydrogen-bond acceptors (Lipinski definition) is 12. The van der Waals surface area contributed by atoms with Gasteiger partial charge >= 0.3 is 0 Å². The van der Waals surface area contributed by atoms with Crippen LogP contribution in [0.3, 0.4) is 0 Å². The molecule has 5 aliphatic heterocycles. The normalized spacial score (nSPS) is 20.1. The van der Waals surface area contributed by atoms with Gasteiger partial charge in [0.25, 0.3) is 5.91 Å². The minimum atomic E-state index is -0.918. The molecule has 65 heavy (non-hydrogen) atoms. The maximum absolute atomic E-state index is 16.3. The second kappa shape index (κ2) is 16.4. The Kier molecular flexibility index (Phi) is 10.4. The number of benzene rings is 2. The first-order valence-corrected chi connectivity index (χ1v) is 23.0. The van der Waals surface area contributed by atoms with Gasteiger partial charge in [-0.25, -0.2) is 23.7 Å². The van der Waals surface area contributed by atoms with Crippen molar-refractivity contribution >= 4 is 62.5 Å². The van der Waals surface area contributed by atoms with Gasteiger partial charge in [0.05, 0.1) is 29.5 Å². The molecule has 2 atom stereocenters. The number of carbonyl (C=O) groups excluding carboxylic acids is 4. The summed E-state index contributed by atoms with van der Waals surface area (Å²) in [5.74, 6) is -0.889. The Labute approximate surface area is 376 Å². The molecule has 19 heteroatoms. The molecular weight excluding hydrogens is 855 g/mol. The summed E-state index contributed by atoms with van der Waals surface area (Å²) in [6.45, 7) is 5.50. The Bertz CT molecular complexity index is 2830. The van der Waals surface area contributed by atoms with Crippen LogP contribution >= 0.6 is 11.3 Å². The molecule has 0 radical (unpaired) electrons. The number of rotatable bonds is 11. The van der Waals surface area contributed by atoms with Crippen molar-refractivity contribution in [2.75, 3.05) is 61.3 Å². The first kappa shape index (κ1) is 41.1. The highest BCUT2D eigenvalue weighted by Crippen LogP contribution is 2.42. The number of halogens is 2. The third kappa shape index (κ3) is 7.79. The number of amides is 4. The number of thiazole rings is 1. The Morgan fingerprint density at radius 1 is 0.954 bits per heavy atom. The maximum atomic E-state index is 16.3.